The third-order valence-electron chi connectivity index (χ3n) is 6.88. The number of rotatable bonds is 25. The second kappa shape index (κ2) is 23.0. The van der Waals surface area contributed by atoms with Crippen LogP contribution in [0.4, 0.5) is 0 Å². The second-order valence-electron chi connectivity index (χ2n) is 11.2. The Morgan fingerprint density at radius 2 is 1.39 bits per heavy atom. The summed E-state index contributed by atoms with van der Waals surface area (Å²) in [6.07, 6.45) is 20.0. The number of aliphatic carboxylic acids is 1. The highest BCUT2D eigenvalue weighted by Gasteiger charge is 2.34. The summed E-state index contributed by atoms with van der Waals surface area (Å²) in [5.41, 5.74) is -1.03. The van der Waals surface area contributed by atoms with E-state index in [4.69, 9.17) is 5.11 Å². The molecule has 0 saturated heterocycles. The zero-order valence-electron chi connectivity index (χ0n) is 24.3. The first-order chi connectivity index (χ1) is 18.1. The lowest BCUT2D eigenvalue weighted by Gasteiger charge is -2.29. The Labute approximate surface area is 231 Å². The van der Waals surface area contributed by atoms with Gasteiger partial charge in [0.1, 0.15) is 6.10 Å². The van der Waals surface area contributed by atoms with E-state index in [9.17, 15) is 24.6 Å². The molecule has 0 aliphatic carbocycles. The number of allylic oxidation sites excluding steroid dienone is 2. The number of carboxylic acid groups (broad SMARTS) is 1. The van der Waals surface area contributed by atoms with Gasteiger partial charge in [0, 0.05) is 24.4 Å². The smallest absolute Gasteiger partial charge is 0.305 e. The first-order valence-electron chi connectivity index (χ1n) is 14.9. The third-order valence-corrected chi connectivity index (χ3v) is 6.88. The average Bonchev–Trinajstić information content (AvgIpc) is 2.87. The van der Waals surface area contributed by atoms with E-state index in [2.05, 4.69) is 29.7 Å². The van der Waals surface area contributed by atoms with Crippen molar-refractivity contribution in [2.75, 3.05) is 13.2 Å². The van der Waals surface area contributed by atoms with Gasteiger partial charge < -0.3 is 26.0 Å². The number of carbonyl (C=O) groups is 3. The van der Waals surface area contributed by atoms with Crippen molar-refractivity contribution in [2.24, 2.45) is 5.41 Å². The molecule has 0 rings (SSSR count). The summed E-state index contributed by atoms with van der Waals surface area (Å²) in [7, 11) is 0. The van der Waals surface area contributed by atoms with Gasteiger partial charge >= 0.3 is 5.97 Å². The summed E-state index contributed by atoms with van der Waals surface area (Å²) < 4.78 is 0. The van der Waals surface area contributed by atoms with Gasteiger partial charge in [-0.05, 0) is 44.9 Å². The largest absolute Gasteiger partial charge is 0.481 e. The predicted octanol–water partition coefficient (Wildman–Crippen LogP) is 5.26. The van der Waals surface area contributed by atoms with Crippen LogP contribution in [0, 0.1) is 5.41 Å². The lowest BCUT2D eigenvalue weighted by Crippen LogP contribution is -2.49. The minimum absolute atomic E-state index is 0.0124. The molecule has 0 aromatic carbocycles. The number of hydrogen-bond donors (Lipinski definition) is 5. The van der Waals surface area contributed by atoms with Gasteiger partial charge in [0.25, 0.3) is 0 Å². The fourth-order valence-corrected chi connectivity index (χ4v) is 4.18. The molecule has 0 spiro atoms. The first-order valence-corrected chi connectivity index (χ1v) is 14.9. The molecule has 8 nitrogen and oxygen atoms in total. The quantitative estimate of drug-likeness (QED) is 0.0792. The van der Waals surface area contributed by atoms with Gasteiger partial charge in [-0.3, -0.25) is 14.4 Å². The van der Waals surface area contributed by atoms with Crippen LogP contribution in [-0.2, 0) is 14.4 Å². The highest BCUT2D eigenvalue weighted by atomic mass is 16.4. The van der Waals surface area contributed by atoms with E-state index < -0.39 is 29.4 Å². The van der Waals surface area contributed by atoms with Crippen molar-refractivity contribution >= 4 is 17.8 Å². The molecule has 0 aromatic heterocycles. The average molecular weight is 541 g/mol. The Morgan fingerprint density at radius 1 is 0.842 bits per heavy atom. The van der Waals surface area contributed by atoms with Crippen LogP contribution < -0.4 is 10.6 Å². The minimum atomic E-state index is -1.45. The maximum absolute atomic E-state index is 12.3. The van der Waals surface area contributed by atoms with E-state index in [1.807, 2.05) is 0 Å². The summed E-state index contributed by atoms with van der Waals surface area (Å²) in [6, 6.07) is -0.661. The number of aliphatic hydroxyl groups is 2. The summed E-state index contributed by atoms with van der Waals surface area (Å²) in [6.45, 7) is 5.37. The van der Waals surface area contributed by atoms with Crippen LogP contribution in [0.25, 0.3) is 0 Å². The SMILES string of the molecule is CCCCCCCC/C=C\CCCCCCCC(=O)NCCCC(CC(=O)O)NC(=O)C(O)C(C)(C)CO. The molecule has 0 fully saturated rings. The Hall–Kier alpha value is -1.93. The van der Waals surface area contributed by atoms with Gasteiger partial charge in [-0.2, -0.15) is 0 Å². The fourth-order valence-electron chi connectivity index (χ4n) is 4.18. The van der Waals surface area contributed by atoms with E-state index in [1.54, 1.807) is 13.8 Å². The highest BCUT2D eigenvalue weighted by molar-refractivity contribution is 5.82. The summed E-state index contributed by atoms with van der Waals surface area (Å²) in [5.74, 6) is -1.77. The number of carbonyl (C=O) groups excluding carboxylic acids is 2. The molecule has 2 unspecified atom stereocenters. The van der Waals surface area contributed by atoms with Crippen LogP contribution in [0.2, 0.25) is 0 Å². The lowest BCUT2D eigenvalue weighted by atomic mass is 9.87. The topological polar surface area (TPSA) is 136 Å². The molecule has 0 bridgehead atoms. The number of hydrogen-bond acceptors (Lipinski definition) is 5. The van der Waals surface area contributed by atoms with Gasteiger partial charge in [-0.25, -0.2) is 0 Å². The Bertz CT molecular complexity index is 665. The van der Waals surface area contributed by atoms with Crippen LogP contribution in [-0.4, -0.2) is 58.4 Å². The van der Waals surface area contributed by atoms with Crippen LogP contribution in [0.1, 0.15) is 130 Å². The first kappa shape index (κ1) is 36.1. The van der Waals surface area contributed by atoms with Crippen molar-refractivity contribution in [1.29, 1.82) is 0 Å². The van der Waals surface area contributed by atoms with Crippen molar-refractivity contribution < 1.29 is 29.7 Å². The number of carboxylic acids is 1. The normalized spacial score (nSPS) is 13.4. The fraction of sp³-hybridized carbons (Fsp3) is 0.833. The molecule has 2 atom stereocenters. The van der Waals surface area contributed by atoms with Crippen molar-refractivity contribution in [2.45, 2.75) is 142 Å². The van der Waals surface area contributed by atoms with Gasteiger partial charge in [-0.1, -0.05) is 84.3 Å². The molecule has 0 saturated carbocycles. The van der Waals surface area contributed by atoms with Crippen molar-refractivity contribution in [1.82, 2.24) is 10.6 Å². The molecule has 5 N–H and O–H groups in total. The van der Waals surface area contributed by atoms with E-state index in [1.165, 1.54) is 57.8 Å². The molecule has 2 amide bonds. The molecule has 0 radical (unpaired) electrons. The molecule has 0 heterocycles. The number of amides is 2. The molecule has 0 aromatic rings. The maximum atomic E-state index is 12.3. The van der Waals surface area contributed by atoms with Crippen molar-refractivity contribution in [3.8, 4) is 0 Å². The number of aliphatic hydroxyl groups excluding tert-OH is 2. The Balaban J connectivity index is 3.87. The monoisotopic (exact) mass is 540 g/mol. The number of unbranched alkanes of at least 4 members (excludes halogenated alkanes) is 11. The van der Waals surface area contributed by atoms with E-state index in [-0.39, 0.29) is 18.9 Å². The minimum Gasteiger partial charge on any atom is -0.481 e. The zero-order chi connectivity index (χ0) is 28.7. The molecular formula is C30H56N2O6. The summed E-state index contributed by atoms with van der Waals surface area (Å²) >= 11 is 0. The highest BCUT2D eigenvalue weighted by Crippen LogP contribution is 2.20. The summed E-state index contributed by atoms with van der Waals surface area (Å²) in [5, 5.41) is 34.0. The molecule has 38 heavy (non-hydrogen) atoms. The molecular weight excluding hydrogens is 484 g/mol. The van der Waals surface area contributed by atoms with E-state index >= 15 is 0 Å². The van der Waals surface area contributed by atoms with E-state index in [0.29, 0.717) is 25.8 Å². The van der Waals surface area contributed by atoms with Gasteiger partial charge in [-0.15, -0.1) is 0 Å². The third kappa shape index (κ3) is 20.1. The van der Waals surface area contributed by atoms with Gasteiger partial charge in [0.05, 0.1) is 13.0 Å². The zero-order valence-corrected chi connectivity index (χ0v) is 24.3. The van der Waals surface area contributed by atoms with Gasteiger partial charge in [0.15, 0.2) is 0 Å². The van der Waals surface area contributed by atoms with Crippen molar-refractivity contribution in [3.63, 3.8) is 0 Å². The molecule has 222 valence electrons. The van der Waals surface area contributed by atoms with Gasteiger partial charge in [0.2, 0.25) is 11.8 Å². The van der Waals surface area contributed by atoms with E-state index in [0.717, 1.165) is 25.7 Å². The maximum Gasteiger partial charge on any atom is 0.305 e. The van der Waals surface area contributed by atoms with Crippen LogP contribution >= 0.6 is 0 Å². The number of nitrogens with one attached hydrogen (secondary N) is 2. The second-order valence-corrected chi connectivity index (χ2v) is 11.2. The predicted molar refractivity (Wildman–Crippen MR) is 153 cm³/mol. The van der Waals surface area contributed by atoms with Crippen LogP contribution in [0.3, 0.4) is 0 Å². The molecule has 0 aliphatic heterocycles. The Kier molecular flexibility index (Phi) is 21.8. The standard InChI is InChI=1S/C30H56N2O6/c1-4-5-6-7-8-9-10-11-12-13-14-15-16-17-18-21-26(34)31-22-19-20-25(23-27(35)36)32-29(38)28(37)30(2,3)24-33/h11-12,25,28,33,37H,4-10,13-24H2,1-3H3,(H,31,34)(H,32,38)(H,35,36)/b12-11-. The van der Waals surface area contributed by atoms with Crippen LogP contribution in [0.5, 0.6) is 0 Å². The molecule has 0 aliphatic rings. The Morgan fingerprint density at radius 3 is 1.95 bits per heavy atom. The lowest BCUT2D eigenvalue weighted by molar-refractivity contribution is -0.140. The summed E-state index contributed by atoms with van der Waals surface area (Å²) in [4.78, 5) is 35.5. The van der Waals surface area contributed by atoms with Crippen molar-refractivity contribution in [3.05, 3.63) is 12.2 Å². The molecule has 8 heteroatoms. The van der Waals surface area contributed by atoms with Crippen LogP contribution in [0.15, 0.2) is 12.2 Å².